The summed E-state index contributed by atoms with van der Waals surface area (Å²) in [6.45, 7) is 3.87. The third kappa shape index (κ3) is 4.83. The van der Waals surface area contributed by atoms with Crippen LogP contribution in [0.3, 0.4) is 0 Å². The fourth-order valence-electron chi connectivity index (χ4n) is 1.48. The van der Waals surface area contributed by atoms with Crippen LogP contribution in [0.25, 0.3) is 0 Å². The van der Waals surface area contributed by atoms with Crippen LogP contribution < -0.4 is 11.1 Å². The van der Waals surface area contributed by atoms with Gasteiger partial charge in [-0.3, -0.25) is 0 Å². The smallest absolute Gasteiger partial charge is 0.200 e. The Morgan fingerprint density at radius 3 is 3.00 bits per heavy atom. The van der Waals surface area contributed by atoms with Gasteiger partial charge in [0.15, 0.2) is 5.95 Å². The number of hydrogen-bond acceptors (Lipinski definition) is 3. The first-order valence-corrected chi connectivity index (χ1v) is 5.85. The molecule has 0 fully saturated rings. The van der Waals surface area contributed by atoms with E-state index in [4.69, 9.17) is 5.73 Å². The van der Waals surface area contributed by atoms with Gasteiger partial charge in [-0.1, -0.05) is 26.2 Å². The van der Waals surface area contributed by atoms with Crippen LogP contribution in [-0.2, 0) is 6.42 Å². The van der Waals surface area contributed by atoms with E-state index in [1.54, 1.807) is 0 Å². The van der Waals surface area contributed by atoms with Gasteiger partial charge in [-0.15, -0.1) is 0 Å². The van der Waals surface area contributed by atoms with E-state index >= 15 is 0 Å². The lowest BCUT2D eigenvalue weighted by molar-refractivity contribution is 0.683. The predicted molar refractivity (Wildman–Crippen MR) is 64.0 cm³/mol. The maximum absolute atomic E-state index is 5.45. The van der Waals surface area contributed by atoms with Gasteiger partial charge in [0.25, 0.3) is 0 Å². The van der Waals surface area contributed by atoms with E-state index in [2.05, 4.69) is 22.2 Å². The first kappa shape index (κ1) is 12.0. The molecule has 0 saturated heterocycles. The van der Waals surface area contributed by atoms with Crippen molar-refractivity contribution in [3.05, 3.63) is 11.9 Å². The van der Waals surface area contributed by atoms with Crippen LogP contribution in [0.15, 0.2) is 6.20 Å². The van der Waals surface area contributed by atoms with Gasteiger partial charge in [0.1, 0.15) is 0 Å². The van der Waals surface area contributed by atoms with E-state index in [1.165, 1.54) is 25.7 Å². The highest BCUT2D eigenvalue weighted by Crippen LogP contribution is 2.04. The molecule has 1 heterocycles. The second-order valence-corrected chi connectivity index (χ2v) is 3.77. The minimum atomic E-state index is 0.654. The Labute approximate surface area is 91.7 Å². The van der Waals surface area contributed by atoms with Gasteiger partial charge >= 0.3 is 0 Å². The Morgan fingerprint density at radius 2 is 2.27 bits per heavy atom. The van der Waals surface area contributed by atoms with Crippen molar-refractivity contribution in [2.45, 2.75) is 39.0 Å². The molecule has 0 aliphatic rings. The van der Waals surface area contributed by atoms with Gasteiger partial charge in [0.2, 0.25) is 0 Å². The summed E-state index contributed by atoms with van der Waals surface area (Å²) < 4.78 is 0. The number of aromatic amines is 1. The highest BCUT2D eigenvalue weighted by molar-refractivity contribution is 5.26. The average molecular weight is 210 g/mol. The highest BCUT2D eigenvalue weighted by atomic mass is 15.1. The third-order valence-corrected chi connectivity index (χ3v) is 2.35. The third-order valence-electron chi connectivity index (χ3n) is 2.35. The molecular formula is C11H22N4. The van der Waals surface area contributed by atoms with Gasteiger partial charge in [0, 0.05) is 19.2 Å². The molecule has 1 aromatic rings. The van der Waals surface area contributed by atoms with Crippen LogP contribution in [0.4, 0.5) is 5.95 Å². The molecule has 0 amide bonds. The quantitative estimate of drug-likeness (QED) is 0.574. The molecule has 15 heavy (non-hydrogen) atoms. The molecule has 0 atom stereocenters. The lowest BCUT2D eigenvalue weighted by Crippen LogP contribution is -2.04. The molecule has 0 spiro atoms. The van der Waals surface area contributed by atoms with E-state index in [0.717, 1.165) is 24.6 Å². The Bertz CT molecular complexity index is 257. The SMILES string of the molecule is CCCCCCNc1nc(CCN)c[nH]1. The average Bonchev–Trinajstić information content (AvgIpc) is 2.66. The zero-order valence-corrected chi connectivity index (χ0v) is 9.55. The molecule has 1 rings (SSSR count). The molecule has 4 nitrogen and oxygen atoms in total. The van der Waals surface area contributed by atoms with Crippen LogP contribution >= 0.6 is 0 Å². The number of nitrogens with one attached hydrogen (secondary N) is 2. The van der Waals surface area contributed by atoms with E-state index < -0.39 is 0 Å². The zero-order valence-electron chi connectivity index (χ0n) is 9.55. The van der Waals surface area contributed by atoms with E-state index in [0.29, 0.717) is 6.54 Å². The number of rotatable bonds is 8. The van der Waals surface area contributed by atoms with Gasteiger partial charge in [-0.25, -0.2) is 4.98 Å². The maximum atomic E-state index is 5.45. The number of anilines is 1. The molecule has 4 heteroatoms. The van der Waals surface area contributed by atoms with E-state index in [1.807, 2.05) is 6.20 Å². The van der Waals surface area contributed by atoms with Crippen molar-refractivity contribution in [3.63, 3.8) is 0 Å². The molecule has 86 valence electrons. The molecular weight excluding hydrogens is 188 g/mol. The van der Waals surface area contributed by atoms with Crippen LogP contribution in [-0.4, -0.2) is 23.1 Å². The summed E-state index contributed by atoms with van der Waals surface area (Å²) in [5, 5.41) is 3.27. The summed E-state index contributed by atoms with van der Waals surface area (Å²) in [5.74, 6) is 0.870. The van der Waals surface area contributed by atoms with Crippen molar-refractivity contribution < 1.29 is 0 Å². The first-order chi connectivity index (χ1) is 7.36. The predicted octanol–water partition coefficient (Wildman–Crippen LogP) is 1.90. The summed E-state index contributed by atoms with van der Waals surface area (Å²) in [6.07, 6.45) is 7.86. The second-order valence-electron chi connectivity index (χ2n) is 3.77. The minimum Gasteiger partial charge on any atom is -0.356 e. The first-order valence-electron chi connectivity index (χ1n) is 5.85. The summed E-state index contributed by atoms with van der Waals surface area (Å²) in [5.41, 5.74) is 6.49. The topological polar surface area (TPSA) is 66.7 Å². The number of aromatic nitrogens is 2. The number of imidazole rings is 1. The summed E-state index contributed by atoms with van der Waals surface area (Å²) in [7, 11) is 0. The Balaban J connectivity index is 2.14. The normalized spacial score (nSPS) is 10.5. The van der Waals surface area contributed by atoms with Gasteiger partial charge in [-0.2, -0.15) is 0 Å². The molecule has 0 bridgehead atoms. The molecule has 1 aromatic heterocycles. The van der Waals surface area contributed by atoms with Crippen molar-refractivity contribution in [1.82, 2.24) is 9.97 Å². The summed E-state index contributed by atoms with van der Waals surface area (Å²) in [6, 6.07) is 0. The monoisotopic (exact) mass is 210 g/mol. The summed E-state index contributed by atoms with van der Waals surface area (Å²) >= 11 is 0. The molecule has 4 N–H and O–H groups in total. The van der Waals surface area contributed by atoms with E-state index in [9.17, 15) is 0 Å². The lowest BCUT2D eigenvalue weighted by atomic mass is 10.2. The standard InChI is InChI=1S/C11H22N4/c1-2-3-4-5-8-13-11-14-9-10(15-11)6-7-12/h9H,2-8,12H2,1H3,(H2,13,14,15). The van der Waals surface area contributed by atoms with Crippen LogP contribution in [0, 0.1) is 0 Å². The lowest BCUT2D eigenvalue weighted by Gasteiger charge is -2.01. The molecule has 0 aliphatic heterocycles. The van der Waals surface area contributed by atoms with E-state index in [-0.39, 0.29) is 0 Å². The van der Waals surface area contributed by atoms with Crippen molar-refractivity contribution >= 4 is 5.95 Å². The highest BCUT2D eigenvalue weighted by Gasteiger charge is 1.98. The van der Waals surface area contributed by atoms with Crippen molar-refractivity contribution in [3.8, 4) is 0 Å². The minimum absolute atomic E-state index is 0.654. The Kier molecular flexibility index (Phi) is 5.85. The largest absolute Gasteiger partial charge is 0.356 e. The molecule has 0 aliphatic carbocycles. The second kappa shape index (κ2) is 7.29. The van der Waals surface area contributed by atoms with Gasteiger partial charge in [0.05, 0.1) is 5.69 Å². The van der Waals surface area contributed by atoms with Crippen LogP contribution in [0.5, 0.6) is 0 Å². The van der Waals surface area contributed by atoms with Crippen molar-refractivity contribution in [2.75, 3.05) is 18.4 Å². The zero-order chi connectivity index (χ0) is 10.9. The summed E-state index contributed by atoms with van der Waals surface area (Å²) in [4.78, 5) is 7.47. The Morgan fingerprint density at radius 1 is 1.40 bits per heavy atom. The van der Waals surface area contributed by atoms with Crippen LogP contribution in [0.2, 0.25) is 0 Å². The molecule has 0 saturated carbocycles. The maximum Gasteiger partial charge on any atom is 0.200 e. The van der Waals surface area contributed by atoms with Gasteiger partial charge < -0.3 is 16.0 Å². The molecule has 0 unspecified atom stereocenters. The molecule has 0 radical (unpaired) electrons. The van der Waals surface area contributed by atoms with Crippen molar-refractivity contribution in [1.29, 1.82) is 0 Å². The molecule has 0 aromatic carbocycles. The number of unbranched alkanes of at least 4 members (excludes halogenated alkanes) is 3. The van der Waals surface area contributed by atoms with Gasteiger partial charge in [-0.05, 0) is 13.0 Å². The number of nitrogens with two attached hydrogens (primary N) is 1. The van der Waals surface area contributed by atoms with Crippen molar-refractivity contribution in [2.24, 2.45) is 5.73 Å². The fourth-order valence-corrected chi connectivity index (χ4v) is 1.48. The number of H-pyrrole nitrogens is 1. The fraction of sp³-hybridized carbons (Fsp3) is 0.727. The number of hydrogen-bond donors (Lipinski definition) is 3. The number of nitrogens with zero attached hydrogens (tertiary/aromatic N) is 1. The Hall–Kier alpha value is -1.03. The van der Waals surface area contributed by atoms with Crippen LogP contribution in [0.1, 0.15) is 38.3 Å².